The van der Waals surface area contributed by atoms with Gasteiger partial charge in [-0.2, -0.15) is 0 Å². The number of rotatable bonds is 17. The number of ether oxygens (including phenoxy) is 3. The quantitative estimate of drug-likeness (QED) is 0.0495. The second-order valence-corrected chi connectivity index (χ2v) is 16.0. The van der Waals surface area contributed by atoms with Crippen LogP contribution in [0, 0.1) is 5.92 Å². The second-order valence-electron chi connectivity index (χ2n) is 16.0. The number of hydrogen-bond acceptors (Lipinski definition) is 12. The van der Waals surface area contributed by atoms with Crippen LogP contribution in [-0.4, -0.2) is 88.5 Å². The summed E-state index contributed by atoms with van der Waals surface area (Å²) in [6.07, 6.45) is 2.08. The molecule has 3 aliphatic heterocycles. The fourth-order valence-electron chi connectivity index (χ4n) is 8.18. The molecular weight excluding hydrogens is 817 g/mol. The summed E-state index contributed by atoms with van der Waals surface area (Å²) in [5.41, 5.74) is 4.38. The molecule has 0 aliphatic carbocycles. The minimum absolute atomic E-state index is 0.0355. The predicted molar refractivity (Wildman–Crippen MR) is 238 cm³/mol. The van der Waals surface area contributed by atoms with E-state index in [0.717, 1.165) is 49.2 Å². The van der Waals surface area contributed by atoms with E-state index in [0.29, 0.717) is 46.0 Å². The number of fused-ring (bicyclic) bond motifs is 4. The van der Waals surface area contributed by atoms with E-state index < -0.39 is 24.2 Å². The zero-order chi connectivity index (χ0) is 44.4. The smallest absolute Gasteiger partial charge is 0.408 e. The van der Waals surface area contributed by atoms with Gasteiger partial charge >= 0.3 is 12.1 Å². The van der Waals surface area contributed by atoms with Crippen LogP contribution in [0.5, 0.6) is 11.5 Å². The van der Waals surface area contributed by atoms with Gasteiger partial charge in [-0.15, -0.1) is 0 Å². The summed E-state index contributed by atoms with van der Waals surface area (Å²) in [5.74, 6) is 0.0366. The summed E-state index contributed by atoms with van der Waals surface area (Å²) in [6.45, 7) is 3.71. The summed E-state index contributed by atoms with van der Waals surface area (Å²) >= 11 is 0. The molecular formula is C49H50N6O9. The summed E-state index contributed by atoms with van der Waals surface area (Å²) in [5, 5.41) is 30.4. The number of pyridine rings is 2. The lowest BCUT2D eigenvalue weighted by molar-refractivity contribution is -0.0336. The number of nitrogens with zero attached hydrogens (tertiary/aromatic N) is 2. The number of nitrogens with one attached hydrogen (secondary N) is 4. The van der Waals surface area contributed by atoms with Crippen molar-refractivity contribution in [2.24, 2.45) is 5.92 Å². The molecule has 15 nitrogen and oxygen atoms in total. The number of aliphatic hydroxyl groups is 1. The van der Waals surface area contributed by atoms with Crippen molar-refractivity contribution >= 4 is 28.9 Å². The number of aromatic amines is 1. The third-order valence-electron chi connectivity index (χ3n) is 11.7. The molecule has 2 aromatic heterocycles. The molecule has 3 saturated heterocycles. The number of carbonyl (C=O) groups is 3. The van der Waals surface area contributed by atoms with Crippen molar-refractivity contribution in [1.82, 2.24) is 30.8 Å². The zero-order valence-corrected chi connectivity index (χ0v) is 35.1. The van der Waals surface area contributed by atoms with Gasteiger partial charge < -0.3 is 45.4 Å². The molecule has 6 aromatic rings. The number of alkyl carbamates (subject to hydrolysis) is 1. The average molecular weight is 867 g/mol. The summed E-state index contributed by atoms with van der Waals surface area (Å²) in [6, 6.07) is 33.1. The Morgan fingerprint density at radius 1 is 0.875 bits per heavy atom. The highest BCUT2D eigenvalue weighted by molar-refractivity contribution is 5.94. The minimum atomic E-state index is -0.925. The molecule has 2 bridgehead atoms. The maximum absolute atomic E-state index is 13.2. The Hall–Kier alpha value is -7.07. The van der Waals surface area contributed by atoms with Crippen molar-refractivity contribution in [3.8, 4) is 11.5 Å². The molecule has 64 heavy (non-hydrogen) atoms. The second kappa shape index (κ2) is 20.4. The molecule has 330 valence electrons. The highest BCUT2D eigenvalue weighted by Gasteiger charge is 2.37. The van der Waals surface area contributed by atoms with Crippen LogP contribution in [0.3, 0.4) is 0 Å². The van der Waals surface area contributed by atoms with Gasteiger partial charge in [0.25, 0.3) is 5.91 Å². The number of phenols is 1. The first-order valence-electron chi connectivity index (χ1n) is 21.4. The Balaban J connectivity index is 0.758. The molecule has 15 heteroatoms. The standard InChI is InChI=1S/C49H50N6O9/c56-41-17-15-39(40-16-18-44(58)53-46(40)41)42(57)28-50-27-37-14-13-36(26-52-37)47(59)51-21-24-62-48(60)34-11-9-31(10-12-34)30-63-38-8-4-7-35(25-38)45(33-5-2-1-3-6-33)54-49(61)64-43-29-55-22-19-32(43)20-23-55/h1-18,25-26,32,42-43,45,50,56-57H,19-24,27-30H2,(H,51,59)(H,53,58)(H,54,61)/t42-,43+,45?/m1/s1. The number of aromatic hydroxyl groups is 1. The van der Waals surface area contributed by atoms with Crippen LogP contribution in [0.1, 0.15) is 73.7 Å². The molecule has 3 fully saturated rings. The third-order valence-corrected chi connectivity index (χ3v) is 11.7. The average Bonchev–Trinajstić information content (AvgIpc) is 3.32. The maximum atomic E-state index is 13.2. The van der Waals surface area contributed by atoms with Crippen molar-refractivity contribution < 1.29 is 38.8 Å². The number of aliphatic hydroxyl groups excluding tert-OH is 1. The Morgan fingerprint density at radius 3 is 2.41 bits per heavy atom. The summed E-state index contributed by atoms with van der Waals surface area (Å²) in [7, 11) is 0. The molecule has 3 atom stereocenters. The lowest BCUT2D eigenvalue weighted by atomic mass is 9.86. The van der Waals surface area contributed by atoms with Crippen LogP contribution in [0.25, 0.3) is 10.9 Å². The van der Waals surface area contributed by atoms with Crippen molar-refractivity contribution in [3.63, 3.8) is 0 Å². The van der Waals surface area contributed by atoms with Crippen LogP contribution < -0.4 is 26.2 Å². The molecule has 3 aliphatic rings. The van der Waals surface area contributed by atoms with Gasteiger partial charge in [-0.3, -0.25) is 19.5 Å². The number of benzene rings is 4. The molecule has 5 heterocycles. The van der Waals surface area contributed by atoms with Crippen molar-refractivity contribution in [2.75, 3.05) is 39.3 Å². The molecule has 0 radical (unpaired) electrons. The fourth-order valence-corrected chi connectivity index (χ4v) is 8.18. The van der Waals surface area contributed by atoms with Gasteiger partial charge in [-0.1, -0.05) is 60.7 Å². The van der Waals surface area contributed by atoms with Crippen LogP contribution >= 0.6 is 0 Å². The maximum Gasteiger partial charge on any atom is 0.408 e. The number of aromatic nitrogens is 2. The number of piperidine rings is 3. The molecule has 9 rings (SSSR count). The monoisotopic (exact) mass is 866 g/mol. The molecule has 0 spiro atoms. The Labute approximate surface area is 369 Å². The number of amides is 2. The first kappa shape index (κ1) is 43.6. The lowest BCUT2D eigenvalue weighted by Gasteiger charge is -2.43. The third kappa shape index (κ3) is 10.9. The van der Waals surface area contributed by atoms with Gasteiger partial charge in [0.15, 0.2) is 0 Å². The SMILES string of the molecule is O=C(NC(c1ccccc1)c1cccc(OCc2ccc(C(=O)OCCNC(=O)c3ccc(CNC[C@@H](O)c4ccc(O)c5[nH]c(=O)ccc45)nc3)cc2)c1)O[C@H]1CN2CCC1CC2. The van der Waals surface area contributed by atoms with E-state index in [1.807, 2.05) is 54.6 Å². The van der Waals surface area contributed by atoms with E-state index in [1.54, 1.807) is 48.5 Å². The van der Waals surface area contributed by atoms with Crippen LogP contribution in [0.15, 0.2) is 126 Å². The van der Waals surface area contributed by atoms with Gasteiger partial charge in [0.05, 0.1) is 41.0 Å². The van der Waals surface area contributed by atoms with Crippen molar-refractivity contribution in [1.29, 1.82) is 0 Å². The zero-order valence-electron chi connectivity index (χ0n) is 35.1. The van der Waals surface area contributed by atoms with E-state index >= 15 is 0 Å². The molecule has 0 saturated carbocycles. The van der Waals surface area contributed by atoms with E-state index in [2.05, 4.69) is 30.8 Å². The van der Waals surface area contributed by atoms with Crippen LogP contribution in [-0.2, 0) is 22.6 Å². The van der Waals surface area contributed by atoms with E-state index in [1.165, 1.54) is 18.3 Å². The van der Waals surface area contributed by atoms with Crippen molar-refractivity contribution in [2.45, 2.75) is 44.2 Å². The fraction of sp³-hybridized carbons (Fsp3) is 0.286. The lowest BCUT2D eigenvalue weighted by Crippen LogP contribution is -2.52. The predicted octanol–water partition coefficient (Wildman–Crippen LogP) is 5.53. The van der Waals surface area contributed by atoms with E-state index in [4.69, 9.17) is 14.2 Å². The molecule has 4 aromatic carbocycles. The van der Waals surface area contributed by atoms with Gasteiger partial charge in [-0.25, -0.2) is 9.59 Å². The summed E-state index contributed by atoms with van der Waals surface area (Å²) in [4.78, 5) is 59.7. The summed E-state index contributed by atoms with van der Waals surface area (Å²) < 4.78 is 17.5. The number of phenolic OH excluding ortho intramolecular Hbond substituents is 1. The highest BCUT2D eigenvalue weighted by Crippen LogP contribution is 2.31. The number of H-pyrrole nitrogens is 1. The molecule has 1 unspecified atom stereocenters. The Kier molecular flexibility index (Phi) is 13.9. The van der Waals surface area contributed by atoms with Gasteiger partial charge in [0.1, 0.15) is 30.8 Å². The number of esters is 1. The first-order chi connectivity index (χ1) is 31.2. The normalized spacial score (nSPS) is 17.5. The minimum Gasteiger partial charge on any atom is -0.506 e. The topological polar surface area (TPSA) is 204 Å². The van der Waals surface area contributed by atoms with Crippen LogP contribution in [0.4, 0.5) is 4.79 Å². The Bertz CT molecular complexity index is 2620. The first-order valence-corrected chi connectivity index (χ1v) is 21.4. The van der Waals surface area contributed by atoms with Crippen molar-refractivity contribution in [3.05, 3.63) is 171 Å². The molecule has 2 amide bonds. The highest BCUT2D eigenvalue weighted by atomic mass is 16.6. The van der Waals surface area contributed by atoms with E-state index in [-0.39, 0.29) is 55.1 Å². The van der Waals surface area contributed by atoms with Gasteiger partial charge in [-0.05, 0) is 103 Å². The Morgan fingerprint density at radius 2 is 1.66 bits per heavy atom. The van der Waals surface area contributed by atoms with E-state index in [9.17, 15) is 29.4 Å². The van der Waals surface area contributed by atoms with Gasteiger partial charge in [0, 0.05) is 37.3 Å². The van der Waals surface area contributed by atoms with Crippen LogP contribution in [0.2, 0.25) is 0 Å². The molecule has 6 N–H and O–H groups in total. The largest absolute Gasteiger partial charge is 0.506 e. The van der Waals surface area contributed by atoms with Gasteiger partial charge in [0.2, 0.25) is 5.56 Å². The number of hydrogen-bond donors (Lipinski definition) is 6. The number of carbonyl (C=O) groups excluding carboxylic acids is 3.